The van der Waals surface area contributed by atoms with E-state index in [0.717, 1.165) is 4.90 Å². The zero-order valence-corrected chi connectivity index (χ0v) is 8.77. The van der Waals surface area contributed by atoms with Crippen LogP contribution in [0.25, 0.3) is 0 Å². The summed E-state index contributed by atoms with van der Waals surface area (Å²) in [5, 5.41) is 12.0. The molecule has 4 amide bonds. The molecule has 0 spiro atoms. The van der Waals surface area contributed by atoms with Gasteiger partial charge in [0.05, 0.1) is 0 Å². The van der Waals surface area contributed by atoms with E-state index in [-0.39, 0.29) is 11.5 Å². The SMILES string of the molecule is CC[C@@]1(C(=O)NC)C(=O)N(C)C(=O)N1O. The summed E-state index contributed by atoms with van der Waals surface area (Å²) < 4.78 is 0. The highest BCUT2D eigenvalue weighted by Gasteiger charge is 2.60. The molecule has 7 heteroatoms. The second-order valence-corrected chi connectivity index (χ2v) is 3.25. The number of likely N-dealkylation sites (N-methyl/N-ethyl adjacent to an activating group) is 2. The molecule has 7 nitrogen and oxygen atoms in total. The Morgan fingerprint density at radius 3 is 2.33 bits per heavy atom. The van der Waals surface area contributed by atoms with Gasteiger partial charge in [0, 0.05) is 14.1 Å². The molecular weight excluding hydrogens is 202 g/mol. The maximum absolute atomic E-state index is 11.7. The monoisotopic (exact) mass is 215 g/mol. The number of imide groups is 1. The van der Waals surface area contributed by atoms with Crippen molar-refractivity contribution in [1.29, 1.82) is 0 Å². The molecule has 1 heterocycles. The Kier molecular flexibility index (Phi) is 2.67. The fourth-order valence-corrected chi connectivity index (χ4v) is 1.62. The van der Waals surface area contributed by atoms with Crippen LogP contribution < -0.4 is 5.32 Å². The number of amides is 4. The van der Waals surface area contributed by atoms with Crippen LogP contribution in [0.4, 0.5) is 4.79 Å². The first-order chi connectivity index (χ1) is 6.93. The Morgan fingerprint density at radius 2 is 2.07 bits per heavy atom. The van der Waals surface area contributed by atoms with Crippen LogP contribution in [0.5, 0.6) is 0 Å². The van der Waals surface area contributed by atoms with Gasteiger partial charge in [-0.1, -0.05) is 6.92 Å². The van der Waals surface area contributed by atoms with Gasteiger partial charge in [0.2, 0.25) is 5.54 Å². The van der Waals surface area contributed by atoms with Crippen molar-refractivity contribution in [1.82, 2.24) is 15.3 Å². The lowest BCUT2D eigenvalue weighted by atomic mass is 9.95. The minimum absolute atomic E-state index is 0.0120. The van der Waals surface area contributed by atoms with Gasteiger partial charge in [-0.15, -0.1) is 0 Å². The Hall–Kier alpha value is -1.63. The molecule has 0 radical (unpaired) electrons. The summed E-state index contributed by atoms with van der Waals surface area (Å²) in [5.74, 6) is -1.42. The van der Waals surface area contributed by atoms with Gasteiger partial charge in [0.1, 0.15) is 0 Å². The van der Waals surface area contributed by atoms with Crippen LogP contribution in [-0.4, -0.2) is 52.7 Å². The molecule has 1 atom stereocenters. The molecule has 84 valence electrons. The highest BCUT2D eigenvalue weighted by Crippen LogP contribution is 2.28. The van der Waals surface area contributed by atoms with Crippen molar-refractivity contribution in [2.45, 2.75) is 18.9 Å². The number of hydroxylamine groups is 2. The highest BCUT2D eigenvalue weighted by atomic mass is 16.5. The van der Waals surface area contributed by atoms with Gasteiger partial charge in [0.25, 0.3) is 11.8 Å². The summed E-state index contributed by atoms with van der Waals surface area (Å²) in [6, 6.07) is -0.898. The van der Waals surface area contributed by atoms with Crippen molar-refractivity contribution >= 4 is 17.8 Å². The number of rotatable bonds is 2. The Bertz CT molecular complexity index is 330. The third-order valence-electron chi connectivity index (χ3n) is 2.60. The first kappa shape index (κ1) is 11.4. The minimum Gasteiger partial charge on any atom is -0.357 e. The number of hydrogen-bond donors (Lipinski definition) is 2. The van der Waals surface area contributed by atoms with Gasteiger partial charge in [-0.3, -0.25) is 19.7 Å². The average molecular weight is 215 g/mol. The summed E-state index contributed by atoms with van der Waals surface area (Å²) >= 11 is 0. The van der Waals surface area contributed by atoms with E-state index < -0.39 is 23.4 Å². The van der Waals surface area contributed by atoms with Crippen LogP contribution in [0.1, 0.15) is 13.3 Å². The number of nitrogens with zero attached hydrogens (tertiary/aromatic N) is 2. The largest absolute Gasteiger partial charge is 0.357 e. The van der Waals surface area contributed by atoms with E-state index in [4.69, 9.17) is 0 Å². The molecule has 15 heavy (non-hydrogen) atoms. The number of nitrogens with one attached hydrogen (secondary N) is 1. The zero-order chi connectivity index (χ0) is 11.8. The van der Waals surface area contributed by atoms with Gasteiger partial charge in [-0.25, -0.2) is 4.79 Å². The molecule has 0 aromatic rings. The Balaban J connectivity index is 3.25. The smallest absolute Gasteiger partial charge is 0.351 e. The van der Waals surface area contributed by atoms with Crippen LogP contribution in [0.3, 0.4) is 0 Å². The van der Waals surface area contributed by atoms with Crippen molar-refractivity contribution in [2.24, 2.45) is 0 Å². The van der Waals surface area contributed by atoms with Gasteiger partial charge in [-0.2, -0.15) is 5.06 Å². The number of hydrogen-bond acceptors (Lipinski definition) is 4. The van der Waals surface area contributed by atoms with Crippen LogP contribution in [0, 0.1) is 0 Å². The third kappa shape index (κ3) is 1.19. The van der Waals surface area contributed by atoms with E-state index in [1.807, 2.05) is 0 Å². The van der Waals surface area contributed by atoms with Crippen molar-refractivity contribution < 1.29 is 19.6 Å². The number of urea groups is 1. The summed E-state index contributed by atoms with van der Waals surface area (Å²) in [6.07, 6.45) is 0.0120. The molecule has 1 aliphatic heterocycles. The molecule has 0 aromatic carbocycles. The lowest BCUT2D eigenvalue weighted by Crippen LogP contribution is -2.58. The molecule has 0 saturated carbocycles. The van der Waals surface area contributed by atoms with Gasteiger partial charge in [-0.05, 0) is 6.42 Å². The number of carbonyl (C=O) groups is 3. The standard InChI is InChI=1S/C8H13N3O4/c1-4-8(5(12)9-2)6(13)10(3)7(14)11(8)15/h15H,4H2,1-3H3,(H,9,12)/t8-/m1/s1. The van der Waals surface area contributed by atoms with Crippen LogP contribution in [0.15, 0.2) is 0 Å². The summed E-state index contributed by atoms with van der Waals surface area (Å²) in [4.78, 5) is 35.3. The topological polar surface area (TPSA) is 90.0 Å². The van der Waals surface area contributed by atoms with Crippen LogP contribution >= 0.6 is 0 Å². The summed E-state index contributed by atoms with van der Waals surface area (Å²) in [7, 11) is 2.55. The first-order valence-corrected chi connectivity index (χ1v) is 4.46. The fraction of sp³-hybridized carbons (Fsp3) is 0.625. The molecular formula is C8H13N3O4. The Morgan fingerprint density at radius 1 is 1.53 bits per heavy atom. The van der Waals surface area contributed by atoms with E-state index in [1.54, 1.807) is 6.92 Å². The molecule has 1 fully saturated rings. The van der Waals surface area contributed by atoms with Crippen molar-refractivity contribution in [3.05, 3.63) is 0 Å². The van der Waals surface area contributed by atoms with Gasteiger partial charge < -0.3 is 5.32 Å². The molecule has 1 aliphatic rings. The molecule has 0 aliphatic carbocycles. The molecule has 1 rings (SSSR count). The quantitative estimate of drug-likeness (QED) is 0.357. The second-order valence-electron chi connectivity index (χ2n) is 3.25. The zero-order valence-electron chi connectivity index (χ0n) is 8.77. The van der Waals surface area contributed by atoms with Gasteiger partial charge in [0.15, 0.2) is 0 Å². The fourth-order valence-electron chi connectivity index (χ4n) is 1.62. The van der Waals surface area contributed by atoms with E-state index in [2.05, 4.69) is 5.32 Å². The normalized spacial score (nSPS) is 26.1. The lowest BCUT2D eigenvalue weighted by molar-refractivity contribution is -0.162. The average Bonchev–Trinajstić information content (AvgIpc) is 2.41. The van der Waals surface area contributed by atoms with Crippen molar-refractivity contribution in [3.63, 3.8) is 0 Å². The van der Waals surface area contributed by atoms with Crippen molar-refractivity contribution in [3.8, 4) is 0 Å². The lowest BCUT2D eigenvalue weighted by Gasteiger charge is -2.26. The highest BCUT2D eigenvalue weighted by molar-refractivity contribution is 6.19. The second kappa shape index (κ2) is 3.50. The maximum Gasteiger partial charge on any atom is 0.351 e. The van der Waals surface area contributed by atoms with Crippen molar-refractivity contribution in [2.75, 3.05) is 14.1 Å². The minimum atomic E-state index is -1.82. The van der Waals surface area contributed by atoms with E-state index in [0.29, 0.717) is 0 Å². The van der Waals surface area contributed by atoms with E-state index in [1.165, 1.54) is 14.1 Å². The number of carbonyl (C=O) groups excluding carboxylic acids is 3. The molecule has 2 N–H and O–H groups in total. The first-order valence-electron chi connectivity index (χ1n) is 4.46. The molecule has 0 aromatic heterocycles. The Labute approximate surface area is 86.6 Å². The third-order valence-corrected chi connectivity index (χ3v) is 2.60. The van der Waals surface area contributed by atoms with E-state index >= 15 is 0 Å². The summed E-state index contributed by atoms with van der Waals surface area (Å²) in [6.45, 7) is 1.54. The summed E-state index contributed by atoms with van der Waals surface area (Å²) in [5.41, 5.74) is -1.82. The molecule has 0 unspecified atom stereocenters. The maximum atomic E-state index is 11.7. The predicted octanol–water partition coefficient (Wildman–Crippen LogP) is -0.836. The van der Waals surface area contributed by atoms with Crippen LogP contribution in [0.2, 0.25) is 0 Å². The van der Waals surface area contributed by atoms with E-state index in [9.17, 15) is 19.6 Å². The molecule has 0 bridgehead atoms. The molecule has 1 saturated heterocycles. The predicted molar refractivity (Wildman–Crippen MR) is 48.9 cm³/mol. The van der Waals surface area contributed by atoms with Gasteiger partial charge >= 0.3 is 6.03 Å². The van der Waals surface area contributed by atoms with Crippen LogP contribution in [-0.2, 0) is 9.59 Å².